The van der Waals surface area contributed by atoms with Crippen LogP contribution in [0.4, 0.5) is 31.0 Å². The Morgan fingerprint density at radius 1 is 0.902 bits per heavy atom. The minimum absolute atomic E-state index is 0.0625. The second kappa shape index (κ2) is 12.0. The van der Waals surface area contributed by atoms with Crippen molar-refractivity contribution in [3.63, 3.8) is 0 Å². The highest BCUT2D eigenvalue weighted by molar-refractivity contribution is 5.89. The number of aromatic nitrogens is 4. The van der Waals surface area contributed by atoms with Crippen molar-refractivity contribution in [1.82, 2.24) is 24.8 Å². The number of carbonyl (C=O) groups is 1. The summed E-state index contributed by atoms with van der Waals surface area (Å²) in [7, 11) is 0. The lowest BCUT2D eigenvalue weighted by Crippen LogP contribution is -2.42. The van der Waals surface area contributed by atoms with Crippen molar-refractivity contribution < 1.29 is 18.3 Å². The molecule has 1 aliphatic heterocycles. The molecule has 0 radical (unpaired) electrons. The Hall–Kier alpha value is -4.32. The van der Waals surface area contributed by atoms with E-state index in [-0.39, 0.29) is 23.9 Å². The molecule has 10 nitrogen and oxygen atoms in total. The monoisotopic (exact) mass is 562 g/mol. The van der Waals surface area contributed by atoms with Crippen LogP contribution in [-0.2, 0) is 4.74 Å². The van der Waals surface area contributed by atoms with E-state index >= 15 is 0 Å². The van der Waals surface area contributed by atoms with Crippen molar-refractivity contribution in [3.05, 3.63) is 66.5 Å². The smallest absolute Gasteiger partial charge is 0.319 e. The van der Waals surface area contributed by atoms with Gasteiger partial charge in [0.2, 0.25) is 5.95 Å². The molecule has 12 heteroatoms. The maximum absolute atomic E-state index is 14.1. The highest BCUT2D eigenvalue weighted by Gasteiger charge is 2.26. The lowest BCUT2D eigenvalue weighted by molar-refractivity contribution is 0.122. The van der Waals surface area contributed by atoms with Gasteiger partial charge in [-0.25, -0.2) is 18.6 Å². The first-order valence-corrected chi connectivity index (χ1v) is 13.9. The number of urea groups is 1. The molecule has 2 aliphatic rings. The number of hydrogen-bond acceptors (Lipinski definition) is 7. The average Bonchev–Trinajstić information content (AvgIpc) is 3.39. The van der Waals surface area contributed by atoms with Gasteiger partial charge in [-0.2, -0.15) is 9.97 Å². The molecule has 2 aromatic carbocycles. The Kier molecular flexibility index (Phi) is 7.90. The summed E-state index contributed by atoms with van der Waals surface area (Å²) in [4.78, 5) is 28.1. The molecule has 0 atom stereocenters. The fourth-order valence-corrected chi connectivity index (χ4v) is 5.41. The summed E-state index contributed by atoms with van der Waals surface area (Å²) < 4.78 is 35.2. The minimum atomic E-state index is -2.78. The fourth-order valence-electron chi connectivity index (χ4n) is 5.41. The summed E-state index contributed by atoms with van der Waals surface area (Å²) in [6.45, 7) is 2.30. The number of alkyl halides is 2. The van der Waals surface area contributed by atoms with Crippen molar-refractivity contribution >= 4 is 34.5 Å². The SMILES string of the molecule is O=C(Nc1ccccc1)N[C@H]1CC[C@H](Nc2cc(-n3c(C(F)F)nc4ccccc43)nc(N3CCOCC3)n2)CC1. The number of anilines is 3. The van der Waals surface area contributed by atoms with E-state index in [9.17, 15) is 13.6 Å². The van der Waals surface area contributed by atoms with Gasteiger partial charge < -0.3 is 25.6 Å². The van der Waals surface area contributed by atoms with Gasteiger partial charge in [0, 0.05) is 36.9 Å². The number of hydrogen-bond donors (Lipinski definition) is 3. The standard InChI is InChI=1S/C29H32F2N8O2/c30-26(31)27-35-22-8-4-5-9-23(22)39(27)25-18-24(36-28(37-25)38-14-16-41-17-15-38)32-20-10-12-21(13-11-20)34-29(40)33-19-6-2-1-3-7-19/h1-9,18,20-21,26H,10-17H2,(H,32,36,37)(H2,33,34,40)/t20-,21-. The Morgan fingerprint density at radius 2 is 1.61 bits per heavy atom. The first-order valence-electron chi connectivity index (χ1n) is 13.9. The molecule has 0 unspecified atom stereocenters. The number of nitrogens with zero attached hydrogens (tertiary/aromatic N) is 5. The van der Waals surface area contributed by atoms with Gasteiger partial charge in [0.15, 0.2) is 5.82 Å². The lowest BCUT2D eigenvalue weighted by atomic mass is 9.91. The fraction of sp³-hybridized carbons (Fsp3) is 0.379. The number of amides is 2. The topological polar surface area (TPSA) is 109 Å². The van der Waals surface area contributed by atoms with E-state index in [0.717, 1.165) is 31.4 Å². The Balaban J connectivity index is 1.20. The van der Waals surface area contributed by atoms with Crippen LogP contribution in [0.1, 0.15) is 37.9 Å². The van der Waals surface area contributed by atoms with Crippen molar-refractivity contribution in [2.75, 3.05) is 41.8 Å². The summed E-state index contributed by atoms with van der Waals surface area (Å²) in [6.07, 6.45) is 0.464. The first-order chi connectivity index (χ1) is 20.0. The van der Waals surface area contributed by atoms with Crippen molar-refractivity contribution in [3.8, 4) is 5.82 Å². The highest BCUT2D eigenvalue weighted by Crippen LogP contribution is 2.30. The summed E-state index contributed by atoms with van der Waals surface area (Å²) in [5.41, 5.74) is 1.78. The molecule has 3 heterocycles. The number of imidazole rings is 1. The number of nitrogens with one attached hydrogen (secondary N) is 3. The van der Waals surface area contributed by atoms with E-state index in [1.807, 2.05) is 35.2 Å². The van der Waals surface area contributed by atoms with Gasteiger partial charge in [-0.05, 0) is 49.9 Å². The molecule has 1 saturated heterocycles. The van der Waals surface area contributed by atoms with Gasteiger partial charge in [0.1, 0.15) is 11.6 Å². The van der Waals surface area contributed by atoms with E-state index in [1.54, 1.807) is 30.3 Å². The van der Waals surface area contributed by atoms with Gasteiger partial charge in [-0.3, -0.25) is 4.57 Å². The third-order valence-corrected chi connectivity index (χ3v) is 7.45. The van der Waals surface area contributed by atoms with E-state index in [1.165, 1.54) is 4.57 Å². The molecule has 0 bridgehead atoms. The molecule has 1 saturated carbocycles. The Morgan fingerprint density at radius 3 is 2.37 bits per heavy atom. The van der Waals surface area contributed by atoms with E-state index in [0.29, 0.717) is 54.9 Å². The van der Waals surface area contributed by atoms with Crippen LogP contribution >= 0.6 is 0 Å². The molecule has 0 spiro atoms. The predicted octanol–water partition coefficient (Wildman–Crippen LogP) is 5.13. The van der Waals surface area contributed by atoms with E-state index in [4.69, 9.17) is 14.7 Å². The van der Waals surface area contributed by atoms with Crippen molar-refractivity contribution in [2.45, 2.75) is 44.2 Å². The molecular weight excluding hydrogens is 530 g/mol. The number of ether oxygens (including phenoxy) is 1. The maximum Gasteiger partial charge on any atom is 0.319 e. The molecule has 3 N–H and O–H groups in total. The third kappa shape index (κ3) is 6.22. The van der Waals surface area contributed by atoms with Crippen molar-refractivity contribution in [1.29, 1.82) is 0 Å². The molecule has 2 fully saturated rings. The number of benzene rings is 2. The second-order valence-electron chi connectivity index (χ2n) is 10.3. The number of carbonyl (C=O) groups excluding carboxylic acids is 1. The number of para-hydroxylation sites is 3. The number of rotatable bonds is 7. The van der Waals surface area contributed by atoms with Gasteiger partial charge in [0.25, 0.3) is 6.43 Å². The van der Waals surface area contributed by atoms with E-state index in [2.05, 4.69) is 20.9 Å². The summed E-state index contributed by atoms with van der Waals surface area (Å²) in [5, 5.41) is 9.44. The Bertz CT molecular complexity index is 1480. The number of morpholine rings is 1. The maximum atomic E-state index is 14.1. The molecular formula is C29H32F2N8O2. The van der Waals surface area contributed by atoms with Crippen LogP contribution in [0.5, 0.6) is 0 Å². The zero-order valence-electron chi connectivity index (χ0n) is 22.5. The zero-order chi connectivity index (χ0) is 28.2. The van der Waals surface area contributed by atoms with Crippen LogP contribution in [0, 0.1) is 0 Å². The summed E-state index contributed by atoms with van der Waals surface area (Å²) in [5.74, 6) is 0.997. The molecule has 6 rings (SSSR count). The largest absolute Gasteiger partial charge is 0.378 e. The highest BCUT2D eigenvalue weighted by atomic mass is 19.3. The van der Waals surface area contributed by atoms with Crippen LogP contribution in [-0.4, -0.2) is 63.9 Å². The van der Waals surface area contributed by atoms with Crippen LogP contribution in [0.25, 0.3) is 16.9 Å². The molecule has 2 aromatic heterocycles. The van der Waals surface area contributed by atoms with Crippen molar-refractivity contribution in [2.24, 2.45) is 0 Å². The second-order valence-corrected chi connectivity index (χ2v) is 10.3. The summed E-state index contributed by atoms with van der Waals surface area (Å²) in [6, 6.07) is 18.1. The molecule has 1 aliphatic carbocycles. The van der Waals surface area contributed by atoms with Gasteiger partial charge in [-0.1, -0.05) is 30.3 Å². The zero-order valence-corrected chi connectivity index (χ0v) is 22.5. The minimum Gasteiger partial charge on any atom is -0.378 e. The molecule has 2 amide bonds. The Labute approximate surface area is 236 Å². The van der Waals surface area contributed by atoms with Gasteiger partial charge >= 0.3 is 6.03 Å². The van der Waals surface area contributed by atoms with Crippen LogP contribution < -0.4 is 20.9 Å². The molecule has 4 aromatic rings. The quantitative estimate of drug-likeness (QED) is 0.286. The van der Waals surface area contributed by atoms with Crippen LogP contribution in [0.2, 0.25) is 0 Å². The van der Waals surface area contributed by atoms with Crippen LogP contribution in [0.3, 0.4) is 0 Å². The normalized spacial score (nSPS) is 19.3. The lowest BCUT2D eigenvalue weighted by Gasteiger charge is -2.31. The average molecular weight is 563 g/mol. The van der Waals surface area contributed by atoms with E-state index < -0.39 is 6.43 Å². The first kappa shape index (κ1) is 26.9. The third-order valence-electron chi connectivity index (χ3n) is 7.45. The predicted molar refractivity (Wildman–Crippen MR) is 153 cm³/mol. The van der Waals surface area contributed by atoms with Gasteiger partial charge in [0.05, 0.1) is 24.2 Å². The summed E-state index contributed by atoms with van der Waals surface area (Å²) >= 11 is 0. The number of halogens is 2. The molecule has 41 heavy (non-hydrogen) atoms. The van der Waals surface area contributed by atoms with Crippen LogP contribution in [0.15, 0.2) is 60.7 Å². The van der Waals surface area contributed by atoms with Gasteiger partial charge in [-0.15, -0.1) is 0 Å². The molecule has 214 valence electrons. The number of fused-ring (bicyclic) bond motifs is 1.